The van der Waals surface area contributed by atoms with Gasteiger partial charge in [-0.3, -0.25) is 14.6 Å². The Bertz CT molecular complexity index is 1520. The number of hydrogen-bond acceptors (Lipinski definition) is 3. The van der Waals surface area contributed by atoms with Crippen molar-refractivity contribution in [3.8, 4) is 11.1 Å². The molecular weight excluding hydrogens is 497 g/mol. The zero-order valence-corrected chi connectivity index (χ0v) is 18.7. The van der Waals surface area contributed by atoms with Gasteiger partial charge in [0.25, 0.3) is 11.5 Å². The summed E-state index contributed by atoms with van der Waals surface area (Å²) in [6, 6.07) is 8.21. The molecule has 2 heterocycles. The summed E-state index contributed by atoms with van der Waals surface area (Å²) in [7, 11) is 1.55. The van der Waals surface area contributed by atoms with E-state index < -0.39 is 34.6 Å². The number of amides is 1. The van der Waals surface area contributed by atoms with E-state index in [2.05, 4.69) is 10.3 Å². The van der Waals surface area contributed by atoms with Crippen LogP contribution in [0.2, 0.25) is 10.0 Å². The Morgan fingerprint density at radius 3 is 2.56 bits per heavy atom. The van der Waals surface area contributed by atoms with Crippen LogP contribution >= 0.6 is 23.2 Å². The molecule has 0 spiro atoms. The molecule has 2 aromatic heterocycles. The molecule has 0 radical (unpaired) electrons. The molecule has 0 fully saturated rings. The van der Waals surface area contributed by atoms with Crippen molar-refractivity contribution in [1.82, 2.24) is 9.55 Å². The summed E-state index contributed by atoms with van der Waals surface area (Å²) in [6.07, 6.45) is -1.90. The molecule has 1 amide bonds. The van der Waals surface area contributed by atoms with E-state index in [4.69, 9.17) is 23.2 Å². The second kappa shape index (κ2) is 8.73. The van der Waals surface area contributed by atoms with E-state index >= 15 is 0 Å². The molecule has 4 rings (SSSR count). The highest BCUT2D eigenvalue weighted by Crippen LogP contribution is 2.39. The fourth-order valence-electron chi connectivity index (χ4n) is 3.51. The first kappa shape index (κ1) is 23.7. The Morgan fingerprint density at radius 2 is 1.85 bits per heavy atom. The summed E-state index contributed by atoms with van der Waals surface area (Å²) in [5, 5.41) is 2.86. The Hall–Kier alpha value is -3.43. The smallest absolute Gasteiger partial charge is 0.321 e. The number of nitrogens with zero attached hydrogens (tertiary/aromatic N) is 2. The van der Waals surface area contributed by atoms with E-state index in [9.17, 15) is 27.2 Å². The first-order valence-corrected chi connectivity index (χ1v) is 10.4. The Labute approximate surface area is 199 Å². The predicted molar refractivity (Wildman–Crippen MR) is 122 cm³/mol. The first-order valence-electron chi connectivity index (χ1n) is 9.60. The van der Waals surface area contributed by atoms with Crippen LogP contribution in [0.25, 0.3) is 22.0 Å². The van der Waals surface area contributed by atoms with Crippen molar-refractivity contribution in [3.63, 3.8) is 0 Å². The lowest BCUT2D eigenvalue weighted by molar-refractivity contribution is -0.140. The SMILES string of the molecule is Cn1c(=O)c(-c2c(Cl)ccc(NC(=O)c3cccc(C(F)(F)F)c3F)c2Cl)cc2cnccc21. The number of pyridine rings is 2. The average molecular weight is 510 g/mol. The van der Waals surface area contributed by atoms with Gasteiger partial charge in [-0.1, -0.05) is 29.3 Å². The number of nitrogens with one attached hydrogen (secondary N) is 1. The minimum atomic E-state index is -4.98. The van der Waals surface area contributed by atoms with Gasteiger partial charge in [0, 0.05) is 30.4 Å². The number of rotatable bonds is 3. The number of fused-ring (bicyclic) bond motifs is 1. The second-order valence-corrected chi connectivity index (χ2v) is 8.04. The van der Waals surface area contributed by atoms with E-state index in [1.165, 1.54) is 29.0 Å². The Balaban J connectivity index is 1.80. The van der Waals surface area contributed by atoms with Gasteiger partial charge in [0.15, 0.2) is 0 Å². The van der Waals surface area contributed by atoms with Crippen molar-refractivity contribution in [2.75, 3.05) is 5.32 Å². The molecule has 0 aliphatic carbocycles. The lowest BCUT2D eigenvalue weighted by Crippen LogP contribution is -2.20. The monoisotopic (exact) mass is 509 g/mol. The van der Waals surface area contributed by atoms with Gasteiger partial charge < -0.3 is 9.88 Å². The highest BCUT2D eigenvalue weighted by atomic mass is 35.5. The molecule has 0 aliphatic rings. The summed E-state index contributed by atoms with van der Waals surface area (Å²) >= 11 is 12.8. The van der Waals surface area contributed by atoms with Crippen LogP contribution in [0.4, 0.5) is 23.2 Å². The van der Waals surface area contributed by atoms with Crippen LogP contribution < -0.4 is 10.9 Å². The van der Waals surface area contributed by atoms with Crippen LogP contribution in [0.1, 0.15) is 15.9 Å². The summed E-state index contributed by atoms with van der Waals surface area (Å²) in [6.45, 7) is 0. The van der Waals surface area contributed by atoms with Gasteiger partial charge in [-0.05, 0) is 36.4 Å². The third-order valence-corrected chi connectivity index (χ3v) is 5.89. The molecule has 0 aliphatic heterocycles. The van der Waals surface area contributed by atoms with Crippen molar-refractivity contribution in [1.29, 1.82) is 0 Å². The molecule has 174 valence electrons. The lowest BCUT2D eigenvalue weighted by atomic mass is 10.0. The number of halogens is 6. The molecule has 34 heavy (non-hydrogen) atoms. The maximum absolute atomic E-state index is 14.4. The number of carbonyl (C=O) groups is 1. The van der Waals surface area contributed by atoms with Crippen molar-refractivity contribution in [2.45, 2.75) is 6.18 Å². The molecule has 0 atom stereocenters. The zero-order valence-electron chi connectivity index (χ0n) is 17.2. The van der Waals surface area contributed by atoms with Gasteiger partial charge >= 0.3 is 6.18 Å². The Kier molecular flexibility index (Phi) is 6.09. The summed E-state index contributed by atoms with van der Waals surface area (Å²) in [5.74, 6) is -2.87. The van der Waals surface area contributed by atoms with Crippen LogP contribution in [-0.4, -0.2) is 15.5 Å². The maximum atomic E-state index is 14.4. The molecule has 0 saturated heterocycles. The number of benzene rings is 2. The van der Waals surface area contributed by atoms with Gasteiger partial charge in [-0.2, -0.15) is 13.2 Å². The number of hydrogen-bond donors (Lipinski definition) is 1. The Morgan fingerprint density at radius 1 is 1.12 bits per heavy atom. The van der Waals surface area contributed by atoms with Crippen molar-refractivity contribution >= 4 is 45.7 Å². The van der Waals surface area contributed by atoms with E-state index in [0.29, 0.717) is 17.0 Å². The van der Waals surface area contributed by atoms with Gasteiger partial charge in [0.05, 0.1) is 37.9 Å². The van der Waals surface area contributed by atoms with Crippen molar-refractivity contribution in [3.05, 3.63) is 92.2 Å². The van der Waals surface area contributed by atoms with Crippen LogP contribution in [0.3, 0.4) is 0 Å². The van der Waals surface area contributed by atoms with Gasteiger partial charge in [-0.15, -0.1) is 0 Å². The number of alkyl halides is 3. The minimum Gasteiger partial charge on any atom is -0.321 e. The fraction of sp³-hybridized carbons (Fsp3) is 0.0870. The first-order chi connectivity index (χ1) is 16.0. The fourth-order valence-corrected chi connectivity index (χ4v) is 4.14. The molecule has 11 heteroatoms. The molecule has 0 bridgehead atoms. The van der Waals surface area contributed by atoms with Crippen molar-refractivity contribution < 1.29 is 22.4 Å². The molecule has 5 nitrogen and oxygen atoms in total. The number of carbonyl (C=O) groups excluding carboxylic acids is 1. The standard InChI is InChI=1S/C23H13Cl2F4N3O2/c1-32-17-7-8-30-10-11(17)9-13(22(32)34)18-15(24)5-6-16(19(18)25)31-21(33)12-3-2-4-14(20(12)26)23(27,28)29/h2-10H,1H3,(H,31,33). The molecule has 4 aromatic rings. The maximum Gasteiger partial charge on any atom is 0.419 e. The van der Waals surface area contributed by atoms with Crippen LogP contribution in [0.15, 0.2) is 59.7 Å². The summed E-state index contributed by atoms with van der Waals surface area (Å²) in [5.41, 5.74) is -2.09. The van der Waals surface area contributed by atoms with Crippen LogP contribution in [-0.2, 0) is 13.2 Å². The summed E-state index contributed by atoms with van der Waals surface area (Å²) in [4.78, 5) is 29.6. The van der Waals surface area contributed by atoms with Gasteiger partial charge in [-0.25, -0.2) is 4.39 Å². The molecular formula is C23H13Cl2F4N3O2. The number of aromatic nitrogens is 2. The highest BCUT2D eigenvalue weighted by molar-refractivity contribution is 6.41. The second-order valence-electron chi connectivity index (χ2n) is 7.26. The van der Waals surface area contributed by atoms with E-state index in [-0.39, 0.29) is 26.9 Å². The van der Waals surface area contributed by atoms with Gasteiger partial charge in [0.2, 0.25) is 0 Å². The molecule has 0 saturated carbocycles. The van der Waals surface area contributed by atoms with E-state index in [1.807, 2.05) is 0 Å². The topological polar surface area (TPSA) is 64.0 Å². The highest BCUT2D eigenvalue weighted by Gasteiger charge is 2.35. The largest absolute Gasteiger partial charge is 0.419 e. The van der Waals surface area contributed by atoms with Crippen molar-refractivity contribution in [2.24, 2.45) is 7.05 Å². The average Bonchev–Trinajstić information content (AvgIpc) is 2.78. The summed E-state index contributed by atoms with van der Waals surface area (Å²) < 4.78 is 54.8. The minimum absolute atomic E-state index is 0.0729. The van der Waals surface area contributed by atoms with E-state index in [0.717, 1.165) is 12.1 Å². The van der Waals surface area contributed by atoms with E-state index in [1.54, 1.807) is 19.3 Å². The molecule has 2 aromatic carbocycles. The number of anilines is 1. The third-order valence-electron chi connectivity index (χ3n) is 5.18. The van der Waals surface area contributed by atoms with Crippen LogP contribution in [0.5, 0.6) is 0 Å². The molecule has 0 unspecified atom stereocenters. The third kappa shape index (κ3) is 4.12. The number of aryl methyl sites for hydroxylation is 1. The molecule has 1 N–H and O–H groups in total. The lowest BCUT2D eigenvalue weighted by Gasteiger charge is -2.15. The van der Waals surface area contributed by atoms with Crippen LogP contribution in [0, 0.1) is 5.82 Å². The quantitative estimate of drug-likeness (QED) is 0.329. The normalized spacial score (nSPS) is 11.6. The zero-order chi connectivity index (χ0) is 24.8. The van der Waals surface area contributed by atoms with Gasteiger partial charge in [0.1, 0.15) is 5.82 Å². The predicted octanol–water partition coefficient (Wildman–Crippen LogP) is 6.32.